The van der Waals surface area contributed by atoms with E-state index in [0.717, 1.165) is 0 Å². The van der Waals surface area contributed by atoms with Crippen molar-refractivity contribution in [3.63, 3.8) is 0 Å². The molecule has 5 heteroatoms. The van der Waals surface area contributed by atoms with Gasteiger partial charge in [-0.05, 0) is 25.0 Å². The fourth-order valence-corrected chi connectivity index (χ4v) is 2.13. The Kier molecular flexibility index (Phi) is 4.52. The van der Waals surface area contributed by atoms with Crippen molar-refractivity contribution in [1.29, 1.82) is 0 Å². The van der Waals surface area contributed by atoms with Crippen LogP contribution in [-0.2, 0) is 6.54 Å². The topological polar surface area (TPSA) is 78.0 Å². The summed E-state index contributed by atoms with van der Waals surface area (Å²) in [7, 11) is 0. The molecule has 0 aliphatic rings. The van der Waals surface area contributed by atoms with Crippen molar-refractivity contribution in [2.24, 2.45) is 0 Å². The van der Waals surface area contributed by atoms with E-state index in [9.17, 15) is 9.90 Å². The fourth-order valence-electron chi connectivity index (χ4n) is 2.13. The van der Waals surface area contributed by atoms with Crippen molar-refractivity contribution in [3.05, 3.63) is 40.4 Å². The van der Waals surface area contributed by atoms with Crippen molar-refractivity contribution in [2.75, 3.05) is 6.54 Å². The van der Waals surface area contributed by atoms with Gasteiger partial charge < -0.3 is 15.4 Å². The maximum absolute atomic E-state index is 11.9. The van der Waals surface area contributed by atoms with Gasteiger partial charge in [-0.1, -0.05) is 26.0 Å². The molecule has 0 atom stereocenters. The molecule has 0 fully saturated rings. The Morgan fingerprint density at radius 2 is 2.00 bits per heavy atom. The first kappa shape index (κ1) is 14.7. The molecule has 0 aliphatic heterocycles. The average molecular weight is 275 g/mol. The number of aromatic nitrogens is 2. The minimum absolute atomic E-state index is 0.131. The van der Waals surface area contributed by atoms with E-state index in [1.54, 1.807) is 6.07 Å². The molecule has 0 radical (unpaired) electrons. The van der Waals surface area contributed by atoms with Crippen LogP contribution in [0.15, 0.2) is 29.1 Å². The van der Waals surface area contributed by atoms with Crippen LogP contribution >= 0.6 is 0 Å². The lowest BCUT2D eigenvalue weighted by molar-refractivity contribution is 0.0321. The van der Waals surface area contributed by atoms with Gasteiger partial charge in [0.25, 0.3) is 5.56 Å². The number of para-hydroxylation sites is 1. The molecule has 0 amide bonds. The number of hydrogen-bond acceptors (Lipinski definition) is 4. The minimum atomic E-state index is -0.697. The van der Waals surface area contributed by atoms with Crippen LogP contribution in [-0.4, -0.2) is 27.2 Å². The number of nitrogens with zero attached hydrogens (tertiary/aromatic N) is 1. The summed E-state index contributed by atoms with van der Waals surface area (Å²) < 4.78 is 0. The zero-order valence-corrected chi connectivity index (χ0v) is 11.9. The summed E-state index contributed by atoms with van der Waals surface area (Å²) in [5.74, 6) is 0.586. The predicted octanol–water partition coefficient (Wildman–Crippen LogP) is 1.56. The summed E-state index contributed by atoms with van der Waals surface area (Å²) in [5.41, 5.74) is -0.139. The third kappa shape index (κ3) is 3.23. The Labute approximate surface area is 118 Å². The van der Waals surface area contributed by atoms with Gasteiger partial charge in [0.15, 0.2) is 0 Å². The van der Waals surface area contributed by atoms with Gasteiger partial charge in [0.05, 0.1) is 23.0 Å². The highest BCUT2D eigenvalue weighted by atomic mass is 16.3. The fraction of sp³-hybridized carbons (Fsp3) is 0.467. The highest BCUT2D eigenvalue weighted by Gasteiger charge is 2.21. The molecule has 0 unspecified atom stereocenters. The second-order valence-corrected chi connectivity index (χ2v) is 5.06. The maximum atomic E-state index is 11.9. The number of H-pyrrole nitrogens is 1. The molecular weight excluding hydrogens is 254 g/mol. The van der Waals surface area contributed by atoms with Gasteiger partial charge in [0.2, 0.25) is 0 Å². The van der Waals surface area contributed by atoms with Crippen LogP contribution in [0.2, 0.25) is 0 Å². The molecule has 1 aromatic carbocycles. The monoisotopic (exact) mass is 275 g/mol. The summed E-state index contributed by atoms with van der Waals surface area (Å²) in [4.78, 5) is 19.1. The third-order valence-corrected chi connectivity index (χ3v) is 3.72. The van der Waals surface area contributed by atoms with Crippen molar-refractivity contribution in [2.45, 2.75) is 38.8 Å². The molecule has 0 aliphatic carbocycles. The number of rotatable bonds is 6. The van der Waals surface area contributed by atoms with Crippen LogP contribution in [0.4, 0.5) is 0 Å². The number of benzene rings is 1. The molecule has 1 heterocycles. The molecule has 3 N–H and O–H groups in total. The van der Waals surface area contributed by atoms with Gasteiger partial charge in [-0.3, -0.25) is 4.79 Å². The summed E-state index contributed by atoms with van der Waals surface area (Å²) in [6, 6.07) is 7.26. The molecular formula is C15H21N3O2. The quantitative estimate of drug-likeness (QED) is 0.747. The van der Waals surface area contributed by atoms with Crippen LogP contribution < -0.4 is 10.9 Å². The standard InChI is InChI=1S/C15H21N3O2/c1-3-15(20,4-2)10-16-9-13-17-12-8-6-5-7-11(12)14(19)18-13/h5-8,16,20H,3-4,9-10H2,1-2H3,(H,17,18,19). The van der Waals surface area contributed by atoms with Crippen molar-refractivity contribution in [1.82, 2.24) is 15.3 Å². The van der Waals surface area contributed by atoms with Gasteiger partial charge in [-0.15, -0.1) is 0 Å². The van der Waals surface area contributed by atoms with E-state index in [4.69, 9.17) is 0 Å². The van der Waals surface area contributed by atoms with E-state index in [2.05, 4.69) is 15.3 Å². The molecule has 5 nitrogen and oxygen atoms in total. The Morgan fingerprint density at radius 1 is 1.30 bits per heavy atom. The molecule has 2 rings (SSSR count). The minimum Gasteiger partial charge on any atom is -0.389 e. The van der Waals surface area contributed by atoms with Crippen molar-refractivity contribution >= 4 is 10.9 Å². The third-order valence-electron chi connectivity index (χ3n) is 3.72. The molecule has 2 aromatic rings. The van der Waals surface area contributed by atoms with E-state index in [1.807, 2.05) is 32.0 Å². The SMILES string of the molecule is CCC(O)(CC)CNCc1nc2ccccc2c(=O)[nH]1. The number of hydrogen-bond donors (Lipinski definition) is 3. The highest BCUT2D eigenvalue weighted by molar-refractivity contribution is 5.77. The molecule has 20 heavy (non-hydrogen) atoms. The summed E-state index contributed by atoms with van der Waals surface area (Å²) in [6.45, 7) is 4.83. The van der Waals surface area contributed by atoms with Crippen LogP contribution in [0.1, 0.15) is 32.5 Å². The second-order valence-electron chi connectivity index (χ2n) is 5.06. The lowest BCUT2D eigenvalue weighted by Gasteiger charge is -2.25. The lowest BCUT2D eigenvalue weighted by Crippen LogP contribution is -2.39. The van der Waals surface area contributed by atoms with E-state index < -0.39 is 5.60 Å². The number of aliphatic hydroxyl groups is 1. The van der Waals surface area contributed by atoms with Crippen molar-refractivity contribution in [3.8, 4) is 0 Å². The Morgan fingerprint density at radius 3 is 2.70 bits per heavy atom. The van der Waals surface area contributed by atoms with E-state index >= 15 is 0 Å². The lowest BCUT2D eigenvalue weighted by atomic mass is 9.98. The second kappa shape index (κ2) is 6.15. The first-order valence-corrected chi connectivity index (χ1v) is 6.99. The average Bonchev–Trinajstić information content (AvgIpc) is 2.47. The van der Waals surface area contributed by atoms with Crippen LogP contribution in [0.25, 0.3) is 10.9 Å². The Hall–Kier alpha value is -1.72. The molecule has 0 spiro atoms. The molecule has 0 bridgehead atoms. The van der Waals surface area contributed by atoms with Crippen LogP contribution in [0.3, 0.4) is 0 Å². The predicted molar refractivity (Wildman–Crippen MR) is 79.6 cm³/mol. The molecule has 108 valence electrons. The van der Waals surface area contributed by atoms with Gasteiger partial charge in [-0.2, -0.15) is 0 Å². The van der Waals surface area contributed by atoms with Gasteiger partial charge >= 0.3 is 0 Å². The normalized spacial score (nSPS) is 11.9. The van der Waals surface area contributed by atoms with E-state index in [-0.39, 0.29) is 5.56 Å². The Bertz CT molecular complexity index is 632. The number of fused-ring (bicyclic) bond motifs is 1. The van der Waals surface area contributed by atoms with Gasteiger partial charge in [0.1, 0.15) is 5.82 Å². The molecule has 1 aromatic heterocycles. The largest absolute Gasteiger partial charge is 0.389 e. The first-order chi connectivity index (χ1) is 9.58. The summed E-state index contributed by atoms with van der Waals surface area (Å²) in [5, 5.41) is 13.9. The number of aromatic amines is 1. The highest BCUT2D eigenvalue weighted by Crippen LogP contribution is 2.13. The Balaban J connectivity index is 2.09. The summed E-state index contributed by atoms with van der Waals surface area (Å²) >= 11 is 0. The van der Waals surface area contributed by atoms with Crippen LogP contribution in [0.5, 0.6) is 0 Å². The zero-order chi connectivity index (χ0) is 14.6. The van der Waals surface area contributed by atoms with E-state index in [0.29, 0.717) is 42.7 Å². The number of nitrogens with one attached hydrogen (secondary N) is 2. The zero-order valence-electron chi connectivity index (χ0n) is 11.9. The smallest absolute Gasteiger partial charge is 0.258 e. The first-order valence-electron chi connectivity index (χ1n) is 6.99. The van der Waals surface area contributed by atoms with Gasteiger partial charge in [0, 0.05) is 6.54 Å². The van der Waals surface area contributed by atoms with Crippen LogP contribution in [0, 0.1) is 0 Å². The van der Waals surface area contributed by atoms with E-state index in [1.165, 1.54) is 0 Å². The molecule has 0 saturated heterocycles. The van der Waals surface area contributed by atoms with Crippen molar-refractivity contribution < 1.29 is 5.11 Å². The maximum Gasteiger partial charge on any atom is 0.258 e. The molecule has 0 saturated carbocycles. The summed E-state index contributed by atoms with van der Waals surface area (Å²) in [6.07, 6.45) is 1.39. The van der Waals surface area contributed by atoms with Gasteiger partial charge in [-0.25, -0.2) is 4.98 Å².